The fourth-order valence-electron chi connectivity index (χ4n) is 2.33. The number of aromatic nitrogens is 2. The van der Waals surface area contributed by atoms with Crippen LogP contribution in [0.5, 0.6) is 0 Å². The molecule has 0 radical (unpaired) electrons. The molecule has 3 heterocycles. The van der Waals surface area contributed by atoms with E-state index in [1.165, 1.54) is 0 Å². The maximum Gasteiger partial charge on any atom is 0.496 e. The summed E-state index contributed by atoms with van der Waals surface area (Å²) >= 11 is 0. The Morgan fingerprint density at radius 1 is 1.44 bits per heavy atom. The Bertz CT molecular complexity index is 594. The topological polar surface area (TPSA) is 36.3 Å². The average Bonchev–Trinajstić information content (AvgIpc) is 2.79. The number of fused-ring (bicyclic) bond motifs is 1. The van der Waals surface area contributed by atoms with Crippen molar-refractivity contribution >= 4 is 23.5 Å². The highest BCUT2D eigenvalue weighted by molar-refractivity contribution is 6.65. The van der Waals surface area contributed by atoms with Crippen LogP contribution in [0.3, 0.4) is 0 Å². The minimum absolute atomic E-state index is 0.0830. The maximum absolute atomic E-state index is 6.01. The van der Waals surface area contributed by atoms with Gasteiger partial charge in [-0.3, -0.25) is 4.98 Å². The lowest BCUT2D eigenvalue weighted by molar-refractivity contribution is 0.0842. The summed E-state index contributed by atoms with van der Waals surface area (Å²) in [5, 5.41) is 1.14. The van der Waals surface area contributed by atoms with Gasteiger partial charge in [-0.25, -0.2) is 0 Å². The number of hydrogen-bond donors (Lipinski definition) is 0. The van der Waals surface area contributed by atoms with Gasteiger partial charge in [0.15, 0.2) is 0 Å². The lowest BCUT2D eigenvalue weighted by Gasteiger charge is -2.21. The van der Waals surface area contributed by atoms with Gasteiger partial charge in [0.2, 0.25) is 0 Å². The van der Waals surface area contributed by atoms with Crippen LogP contribution in [0, 0.1) is 0 Å². The van der Waals surface area contributed by atoms with Crippen molar-refractivity contribution in [3.8, 4) is 0 Å². The zero-order valence-corrected chi connectivity index (χ0v) is 11.2. The summed E-state index contributed by atoms with van der Waals surface area (Å²) in [4.78, 5) is 4.15. The molecule has 5 heteroatoms. The zero-order chi connectivity index (χ0) is 12.9. The molecule has 0 amide bonds. The summed E-state index contributed by atoms with van der Waals surface area (Å²) in [5.41, 5.74) is 1.92. The van der Waals surface area contributed by atoms with Crippen molar-refractivity contribution in [1.29, 1.82) is 0 Å². The standard InChI is InChI=1S/C13H17BN2O2/c1-9-13(2,3)18-14(17-9)11-8-16(4)12-7-15-6-5-10(11)12/h5-9H,1-4H3. The van der Waals surface area contributed by atoms with E-state index >= 15 is 0 Å². The van der Waals surface area contributed by atoms with Gasteiger partial charge >= 0.3 is 7.12 Å². The molecule has 1 unspecified atom stereocenters. The van der Waals surface area contributed by atoms with Crippen LogP contribution in [0.2, 0.25) is 0 Å². The zero-order valence-electron chi connectivity index (χ0n) is 11.2. The first-order valence-corrected chi connectivity index (χ1v) is 6.21. The second-order valence-corrected chi connectivity index (χ2v) is 5.42. The smallest absolute Gasteiger partial charge is 0.402 e. The van der Waals surface area contributed by atoms with E-state index in [1.807, 2.05) is 26.2 Å². The Morgan fingerprint density at radius 2 is 2.22 bits per heavy atom. The van der Waals surface area contributed by atoms with Crippen LogP contribution in [0.25, 0.3) is 10.9 Å². The predicted octanol–water partition coefficient (Wildman–Crippen LogP) is 1.48. The summed E-state index contributed by atoms with van der Waals surface area (Å²) in [6, 6.07) is 2.01. The highest BCUT2D eigenvalue weighted by Crippen LogP contribution is 2.28. The number of rotatable bonds is 1. The Hall–Kier alpha value is -1.33. The first-order valence-electron chi connectivity index (χ1n) is 6.21. The van der Waals surface area contributed by atoms with E-state index in [-0.39, 0.29) is 18.8 Å². The average molecular weight is 244 g/mol. The van der Waals surface area contributed by atoms with Crippen molar-refractivity contribution in [2.75, 3.05) is 0 Å². The quantitative estimate of drug-likeness (QED) is 0.713. The largest absolute Gasteiger partial charge is 0.496 e. The molecular weight excluding hydrogens is 227 g/mol. The minimum atomic E-state index is -0.291. The third-order valence-electron chi connectivity index (χ3n) is 3.80. The molecule has 4 nitrogen and oxygen atoms in total. The van der Waals surface area contributed by atoms with Gasteiger partial charge in [0, 0.05) is 30.3 Å². The van der Waals surface area contributed by atoms with E-state index in [1.54, 1.807) is 6.20 Å². The highest BCUT2D eigenvalue weighted by atomic mass is 16.7. The van der Waals surface area contributed by atoms with E-state index in [0.717, 1.165) is 16.4 Å². The van der Waals surface area contributed by atoms with E-state index in [4.69, 9.17) is 9.31 Å². The molecule has 2 aromatic rings. The van der Waals surface area contributed by atoms with Crippen LogP contribution < -0.4 is 5.46 Å². The molecule has 1 fully saturated rings. The second-order valence-electron chi connectivity index (χ2n) is 5.42. The van der Waals surface area contributed by atoms with Gasteiger partial charge in [-0.2, -0.15) is 0 Å². The molecule has 0 saturated carbocycles. The molecule has 18 heavy (non-hydrogen) atoms. The molecule has 1 aliphatic heterocycles. The van der Waals surface area contributed by atoms with Crippen LogP contribution >= 0.6 is 0 Å². The van der Waals surface area contributed by atoms with Gasteiger partial charge in [0.05, 0.1) is 23.4 Å². The molecule has 0 aromatic carbocycles. The van der Waals surface area contributed by atoms with Gasteiger partial charge in [-0.05, 0) is 26.8 Å². The fraction of sp³-hybridized carbons (Fsp3) is 0.462. The van der Waals surface area contributed by atoms with Crippen molar-refractivity contribution in [3.05, 3.63) is 24.7 Å². The number of aryl methyl sites for hydroxylation is 1. The predicted molar refractivity (Wildman–Crippen MR) is 71.8 cm³/mol. The van der Waals surface area contributed by atoms with Crippen molar-refractivity contribution < 1.29 is 9.31 Å². The molecular formula is C13H17BN2O2. The summed E-state index contributed by atoms with van der Waals surface area (Å²) in [6.45, 7) is 6.17. The SMILES string of the molecule is CC1OB(c2cn(C)c3cnccc23)OC1(C)C. The number of nitrogens with zero attached hydrogens (tertiary/aromatic N) is 2. The van der Waals surface area contributed by atoms with Gasteiger partial charge in [0.25, 0.3) is 0 Å². The van der Waals surface area contributed by atoms with Crippen LogP contribution in [-0.2, 0) is 16.4 Å². The van der Waals surface area contributed by atoms with Crippen molar-refractivity contribution in [2.45, 2.75) is 32.5 Å². The van der Waals surface area contributed by atoms with Crippen molar-refractivity contribution in [1.82, 2.24) is 9.55 Å². The summed E-state index contributed by atoms with van der Waals surface area (Å²) < 4.78 is 14.0. The normalized spacial score (nSPS) is 22.9. The van der Waals surface area contributed by atoms with Crippen LogP contribution in [0.15, 0.2) is 24.7 Å². The molecule has 2 aromatic heterocycles. The first kappa shape index (κ1) is 11.7. The second kappa shape index (κ2) is 3.83. The Morgan fingerprint density at radius 3 is 2.89 bits per heavy atom. The summed E-state index contributed by atoms with van der Waals surface area (Å²) in [5.74, 6) is 0. The molecule has 0 aliphatic carbocycles. The molecule has 1 saturated heterocycles. The Kier molecular flexibility index (Phi) is 2.50. The van der Waals surface area contributed by atoms with Crippen molar-refractivity contribution in [3.63, 3.8) is 0 Å². The summed E-state index contributed by atoms with van der Waals surface area (Å²) in [6.07, 6.45) is 5.81. The molecule has 94 valence electrons. The molecule has 1 atom stereocenters. The molecule has 0 spiro atoms. The maximum atomic E-state index is 6.01. The number of pyridine rings is 1. The lowest BCUT2D eigenvalue weighted by atomic mass is 9.79. The first-order chi connectivity index (χ1) is 8.49. The molecule has 0 N–H and O–H groups in total. The molecule has 1 aliphatic rings. The fourth-order valence-corrected chi connectivity index (χ4v) is 2.33. The monoisotopic (exact) mass is 244 g/mol. The summed E-state index contributed by atoms with van der Waals surface area (Å²) in [7, 11) is 1.72. The van der Waals surface area contributed by atoms with E-state index in [0.29, 0.717) is 0 Å². The third-order valence-corrected chi connectivity index (χ3v) is 3.80. The minimum Gasteiger partial charge on any atom is -0.402 e. The van der Waals surface area contributed by atoms with E-state index in [2.05, 4.69) is 29.6 Å². The van der Waals surface area contributed by atoms with Gasteiger partial charge < -0.3 is 13.9 Å². The van der Waals surface area contributed by atoms with E-state index in [9.17, 15) is 0 Å². The molecule has 0 bridgehead atoms. The van der Waals surface area contributed by atoms with Crippen molar-refractivity contribution in [2.24, 2.45) is 7.05 Å². The Labute approximate surface area is 107 Å². The number of hydrogen-bond acceptors (Lipinski definition) is 3. The van der Waals surface area contributed by atoms with Gasteiger partial charge in [-0.15, -0.1) is 0 Å². The Balaban J connectivity index is 2.06. The van der Waals surface area contributed by atoms with E-state index < -0.39 is 0 Å². The van der Waals surface area contributed by atoms with Crippen LogP contribution in [-0.4, -0.2) is 28.4 Å². The lowest BCUT2D eigenvalue weighted by Crippen LogP contribution is -2.34. The van der Waals surface area contributed by atoms with Crippen LogP contribution in [0.4, 0.5) is 0 Å². The highest BCUT2D eigenvalue weighted by Gasteiger charge is 2.44. The molecule has 3 rings (SSSR count). The van der Waals surface area contributed by atoms with Gasteiger partial charge in [-0.1, -0.05) is 0 Å². The third kappa shape index (κ3) is 1.66. The van der Waals surface area contributed by atoms with Crippen LogP contribution in [0.1, 0.15) is 20.8 Å². The van der Waals surface area contributed by atoms with Gasteiger partial charge in [0.1, 0.15) is 0 Å².